The van der Waals surface area contributed by atoms with E-state index in [4.69, 9.17) is 4.74 Å². The lowest BCUT2D eigenvalue weighted by atomic mass is 9.97. The van der Waals surface area contributed by atoms with E-state index in [-0.39, 0.29) is 17.2 Å². The molecule has 2 unspecified atom stereocenters. The number of aromatic nitrogens is 1. The van der Waals surface area contributed by atoms with Crippen LogP contribution in [-0.2, 0) is 14.6 Å². The minimum atomic E-state index is -3.25. The van der Waals surface area contributed by atoms with Gasteiger partial charge in [0.05, 0.1) is 18.4 Å². The Kier molecular flexibility index (Phi) is 4.36. The van der Waals surface area contributed by atoms with Gasteiger partial charge in [-0.15, -0.1) is 0 Å². The van der Waals surface area contributed by atoms with Crippen LogP contribution >= 0.6 is 0 Å². The summed E-state index contributed by atoms with van der Waals surface area (Å²) in [4.78, 5) is 27.0. The quantitative estimate of drug-likeness (QED) is 0.825. The van der Waals surface area contributed by atoms with Crippen LogP contribution in [0.5, 0.6) is 0 Å². The SMILES string of the molecule is O=C(NC1C=CS(=O)(=O)C1)c1ccc(C2CCCOC2)[nH]c1=O. The zero-order valence-corrected chi connectivity index (χ0v) is 13.3. The summed E-state index contributed by atoms with van der Waals surface area (Å²) in [5, 5.41) is 3.62. The Labute approximate surface area is 133 Å². The Morgan fingerprint density at radius 3 is 2.78 bits per heavy atom. The monoisotopic (exact) mass is 338 g/mol. The lowest BCUT2D eigenvalue weighted by molar-refractivity contribution is 0.0792. The first-order valence-corrected chi connectivity index (χ1v) is 9.19. The first kappa shape index (κ1) is 15.9. The number of sulfone groups is 1. The molecule has 0 aliphatic carbocycles. The van der Waals surface area contributed by atoms with Crippen molar-refractivity contribution >= 4 is 15.7 Å². The van der Waals surface area contributed by atoms with Gasteiger partial charge in [-0.3, -0.25) is 9.59 Å². The lowest BCUT2D eigenvalue weighted by Gasteiger charge is -2.22. The van der Waals surface area contributed by atoms with Gasteiger partial charge in [-0.25, -0.2) is 8.42 Å². The number of rotatable bonds is 3. The first-order chi connectivity index (χ1) is 10.9. The highest BCUT2D eigenvalue weighted by molar-refractivity contribution is 7.94. The molecule has 2 atom stereocenters. The van der Waals surface area contributed by atoms with Gasteiger partial charge in [-0.1, -0.05) is 0 Å². The highest BCUT2D eigenvalue weighted by atomic mass is 32.2. The number of carbonyl (C=O) groups excluding carboxylic acids is 1. The van der Waals surface area contributed by atoms with Gasteiger partial charge in [0.25, 0.3) is 11.5 Å². The number of hydrogen-bond acceptors (Lipinski definition) is 5. The summed E-state index contributed by atoms with van der Waals surface area (Å²) in [5.74, 6) is -0.616. The Balaban J connectivity index is 1.71. The molecule has 2 aliphatic rings. The second kappa shape index (κ2) is 6.29. The van der Waals surface area contributed by atoms with Gasteiger partial charge in [0.2, 0.25) is 0 Å². The molecule has 1 fully saturated rings. The first-order valence-electron chi connectivity index (χ1n) is 7.47. The molecule has 2 aliphatic heterocycles. The third kappa shape index (κ3) is 3.70. The fourth-order valence-corrected chi connectivity index (χ4v) is 4.04. The van der Waals surface area contributed by atoms with Crippen LogP contribution in [0.15, 0.2) is 28.4 Å². The summed E-state index contributed by atoms with van der Waals surface area (Å²) in [6.07, 6.45) is 3.29. The summed E-state index contributed by atoms with van der Waals surface area (Å²) in [6.45, 7) is 1.30. The highest BCUT2D eigenvalue weighted by Gasteiger charge is 2.25. The van der Waals surface area contributed by atoms with Gasteiger partial charge < -0.3 is 15.0 Å². The molecule has 8 heteroatoms. The maximum absolute atomic E-state index is 12.1. The van der Waals surface area contributed by atoms with Crippen LogP contribution in [0.3, 0.4) is 0 Å². The highest BCUT2D eigenvalue weighted by Crippen LogP contribution is 2.23. The van der Waals surface area contributed by atoms with Crippen LogP contribution in [0, 0.1) is 0 Å². The number of aromatic amines is 1. The second-order valence-corrected chi connectivity index (χ2v) is 7.74. The number of amides is 1. The largest absolute Gasteiger partial charge is 0.381 e. The van der Waals surface area contributed by atoms with E-state index < -0.39 is 27.3 Å². The smallest absolute Gasteiger partial charge is 0.261 e. The molecule has 3 heterocycles. The van der Waals surface area contributed by atoms with Crippen molar-refractivity contribution < 1.29 is 17.9 Å². The average Bonchev–Trinajstić information content (AvgIpc) is 2.86. The molecule has 0 spiro atoms. The Bertz CT molecular complexity index is 790. The van der Waals surface area contributed by atoms with Crippen molar-refractivity contribution in [2.45, 2.75) is 24.8 Å². The summed E-state index contributed by atoms with van der Waals surface area (Å²) in [7, 11) is -3.25. The topological polar surface area (TPSA) is 105 Å². The Hall–Kier alpha value is -1.93. The summed E-state index contributed by atoms with van der Waals surface area (Å²) in [5.41, 5.74) is 0.258. The number of carbonyl (C=O) groups is 1. The third-order valence-electron chi connectivity index (χ3n) is 4.02. The normalized spacial score (nSPS) is 26.1. The molecular formula is C15H18N2O5S. The fraction of sp³-hybridized carbons (Fsp3) is 0.467. The molecule has 1 amide bonds. The van der Waals surface area contributed by atoms with Crippen LogP contribution in [0.4, 0.5) is 0 Å². The van der Waals surface area contributed by atoms with E-state index in [9.17, 15) is 18.0 Å². The molecule has 0 radical (unpaired) electrons. The fourth-order valence-electron chi connectivity index (χ4n) is 2.80. The molecule has 1 aromatic rings. The Morgan fingerprint density at radius 2 is 2.17 bits per heavy atom. The van der Waals surface area contributed by atoms with E-state index in [2.05, 4.69) is 10.3 Å². The molecule has 1 aromatic heterocycles. The second-order valence-electron chi connectivity index (χ2n) is 5.81. The minimum absolute atomic E-state index is 0.0248. The van der Waals surface area contributed by atoms with Crippen molar-refractivity contribution in [3.8, 4) is 0 Å². The van der Waals surface area contributed by atoms with E-state index in [1.807, 2.05) is 0 Å². The van der Waals surface area contributed by atoms with Gasteiger partial charge in [0, 0.05) is 23.6 Å². The van der Waals surface area contributed by atoms with E-state index in [1.54, 1.807) is 6.07 Å². The number of nitrogens with one attached hydrogen (secondary N) is 2. The summed E-state index contributed by atoms with van der Waals surface area (Å²) >= 11 is 0. The van der Waals surface area contributed by atoms with Crippen molar-refractivity contribution in [3.63, 3.8) is 0 Å². The number of hydrogen-bond donors (Lipinski definition) is 2. The van der Waals surface area contributed by atoms with Crippen molar-refractivity contribution in [2.75, 3.05) is 19.0 Å². The third-order valence-corrected chi connectivity index (χ3v) is 5.42. The molecule has 0 bridgehead atoms. The van der Waals surface area contributed by atoms with E-state index in [1.165, 1.54) is 12.1 Å². The van der Waals surface area contributed by atoms with E-state index in [0.29, 0.717) is 6.61 Å². The van der Waals surface area contributed by atoms with Crippen molar-refractivity contribution in [3.05, 3.63) is 45.2 Å². The molecule has 0 saturated carbocycles. The van der Waals surface area contributed by atoms with Gasteiger partial charge in [-0.2, -0.15) is 0 Å². The summed E-state index contributed by atoms with van der Waals surface area (Å²) in [6, 6.07) is 2.60. The standard InChI is InChI=1S/C15H18N2O5S/c18-14(16-11-5-7-23(20,21)9-11)12-3-4-13(17-15(12)19)10-2-1-6-22-8-10/h3-5,7,10-11H,1-2,6,8-9H2,(H,16,18)(H,17,19). The van der Waals surface area contributed by atoms with Crippen molar-refractivity contribution in [2.24, 2.45) is 0 Å². The number of pyridine rings is 1. The maximum Gasteiger partial charge on any atom is 0.261 e. The predicted molar refractivity (Wildman–Crippen MR) is 84.0 cm³/mol. The van der Waals surface area contributed by atoms with Gasteiger partial charge in [-0.05, 0) is 31.1 Å². The summed E-state index contributed by atoms with van der Waals surface area (Å²) < 4.78 is 28.1. The van der Waals surface area contributed by atoms with Crippen LogP contribution in [0.25, 0.3) is 0 Å². The number of ether oxygens (including phenoxy) is 1. The van der Waals surface area contributed by atoms with E-state index in [0.717, 1.165) is 30.6 Å². The molecule has 3 rings (SSSR count). The molecule has 124 valence electrons. The van der Waals surface area contributed by atoms with Crippen LogP contribution in [0.2, 0.25) is 0 Å². The van der Waals surface area contributed by atoms with Gasteiger partial charge >= 0.3 is 0 Å². The average molecular weight is 338 g/mol. The molecule has 0 aromatic carbocycles. The van der Waals surface area contributed by atoms with Crippen LogP contribution in [-0.4, -0.2) is 44.3 Å². The van der Waals surface area contributed by atoms with Crippen LogP contribution < -0.4 is 10.9 Å². The molecule has 23 heavy (non-hydrogen) atoms. The van der Waals surface area contributed by atoms with Gasteiger partial charge in [0.1, 0.15) is 5.56 Å². The van der Waals surface area contributed by atoms with Gasteiger partial charge in [0.15, 0.2) is 9.84 Å². The molecular weight excluding hydrogens is 320 g/mol. The zero-order chi connectivity index (χ0) is 16.4. The molecule has 2 N–H and O–H groups in total. The molecule has 7 nitrogen and oxygen atoms in total. The number of H-pyrrole nitrogens is 1. The zero-order valence-electron chi connectivity index (χ0n) is 12.4. The maximum atomic E-state index is 12.1. The predicted octanol–water partition coefficient (Wildman–Crippen LogP) is 0.309. The Morgan fingerprint density at radius 1 is 1.35 bits per heavy atom. The van der Waals surface area contributed by atoms with Crippen molar-refractivity contribution in [1.29, 1.82) is 0 Å². The lowest BCUT2D eigenvalue weighted by Crippen LogP contribution is -2.38. The minimum Gasteiger partial charge on any atom is -0.381 e. The van der Waals surface area contributed by atoms with E-state index >= 15 is 0 Å². The van der Waals surface area contributed by atoms with Crippen LogP contribution in [0.1, 0.15) is 34.8 Å². The molecule has 1 saturated heterocycles. The van der Waals surface area contributed by atoms with Crippen molar-refractivity contribution in [1.82, 2.24) is 10.3 Å².